The average molecular weight is 309 g/mol. The molecule has 0 fully saturated rings. The van der Waals surface area contributed by atoms with E-state index >= 15 is 0 Å². The Balaban J connectivity index is 1.61. The van der Waals surface area contributed by atoms with Crippen LogP contribution in [0.3, 0.4) is 0 Å². The van der Waals surface area contributed by atoms with Gasteiger partial charge in [-0.25, -0.2) is 0 Å². The van der Waals surface area contributed by atoms with Crippen LogP contribution in [0.15, 0.2) is 59.1 Å². The number of carbonyl (C=O) groups is 1. The summed E-state index contributed by atoms with van der Waals surface area (Å²) in [5, 5.41) is 6.51. The third-order valence-electron chi connectivity index (χ3n) is 3.04. The van der Waals surface area contributed by atoms with Crippen molar-refractivity contribution in [2.45, 2.75) is 6.92 Å². The maximum absolute atomic E-state index is 11.9. The van der Waals surface area contributed by atoms with Crippen molar-refractivity contribution in [1.29, 1.82) is 0 Å². The molecule has 1 heterocycles. The molecule has 0 saturated heterocycles. The predicted octanol–water partition coefficient (Wildman–Crippen LogP) is 3.06. The number of carbonyl (C=O) groups excluding carboxylic acids is 1. The van der Waals surface area contributed by atoms with Gasteiger partial charge in [0.2, 0.25) is 0 Å². The average Bonchev–Trinajstić information content (AvgIpc) is 3.01. The number of nitrogens with one attached hydrogen (secondary N) is 1. The maximum atomic E-state index is 11.9. The first-order valence-corrected chi connectivity index (χ1v) is 7.09. The number of hydrogen-bond acceptors (Lipinski definition) is 5. The zero-order chi connectivity index (χ0) is 16.1. The molecule has 0 atom stereocenters. The molecule has 1 aromatic heterocycles. The molecule has 23 heavy (non-hydrogen) atoms. The van der Waals surface area contributed by atoms with E-state index in [2.05, 4.69) is 15.5 Å². The van der Waals surface area contributed by atoms with E-state index in [1.165, 1.54) is 0 Å². The van der Waals surface area contributed by atoms with Crippen LogP contribution >= 0.6 is 0 Å². The minimum Gasteiger partial charge on any atom is -0.484 e. The molecule has 116 valence electrons. The van der Waals surface area contributed by atoms with Gasteiger partial charge in [-0.2, -0.15) is 4.98 Å². The van der Waals surface area contributed by atoms with Crippen molar-refractivity contribution in [3.05, 3.63) is 60.4 Å². The molecule has 0 saturated carbocycles. The summed E-state index contributed by atoms with van der Waals surface area (Å²) in [6, 6.07) is 16.4. The van der Waals surface area contributed by atoms with E-state index < -0.39 is 0 Å². The van der Waals surface area contributed by atoms with Gasteiger partial charge < -0.3 is 14.6 Å². The number of amides is 1. The molecule has 0 radical (unpaired) electrons. The lowest BCUT2D eigenvalue weighted by Gasteiger charge is -2.08. The minimum atomic E-state index is -0.227. The van der Waals surface area contributed by atoms with Crippen LogP contribution in [0.5, 0.6) is 5.75 Å². The molecular weight excluding hydrogens is 294 g/mol. The van der Waals surface area contributed by atoms with Gasteiger partial charge in [0.1, 0.15) is 5.75 Å². The monoisotopic (exact) mass is 309 g/mol. The summed E-state index contributed by atoms with van der Waals surface area (Å²) in [6.07, 6.45) is 0. The molecule has 2 aromatic carbocycles. The Hall–Kier alpha value is -3.15. The van der Waals surface area contributed by atoms with Crippen LogP contribution in [0.25, 0.3) is 11.5 Å². The van der Waals surface area contributed by atoms with E-state index in [-0.39, 0.29) is 12.5 Å². The molecule has 0 aliphatic rings. The highest BCUT2D eigenvalue weighted by molar-refractivity contribution is 5.91. The van der Waals surface area contributed by atoms with Gasteiger partial charge in [-0.15, -0.1) is 0 Å². The van der Waals surface area contributed by atoms with Crippen molar-refractivity contribution >= 4 is 11.6 Å². The minimum absolute atomic E-state index is 0.0821. The molecule has 0 unspecified atom stereocenters. The Morgan fingerprint density at radius 1 is 1.17 bits per heavy atom. The zero-order valence-corrected chi connectivity index (χ0v) is 12.5. The molecule has 6 heteroatoms. The summed E-state index contributed by atoms with van der Waals surface area (Å²) in [5.41, 5.74) is 1.47. The van der Waals surface area contributed by atoms with Crippen LogP contribution < -0.4 is 10.1 Å². The topological polar surface area (TPSA) is 77.2 Å². The fraction of sp³-hybridized carbons (Fsp3) is 0.118. The number of para-hydroxylation sites is 1. The maximum Gasteiger partial charge on any atom is 0.262 e. The Morgan fingerprint density at radius 2 is 2.00 bits per heavy atom. The van der Waals surface area contributed by atoms with Crippen LogP contribution in [0, 0.1) is 6.92 Å². The van der Waals surface area contributed by atoms with Crippen LogP contribution in [0.4, 0.5) is 5.69 Å². The van der Waals surface area contributed by atoms with Gasteiger partial charge in [0.15, 0.2) is 12.4 Å². The molecule has 0 aliphatic heterocycles. The summed E-state index contributed by atoms with van der Waals surface area (Å²) >= 11 is 0. The molecule has 0 bridgehead atoms. The molecule has 3 rings (SSSR count). The van der Waals surface area contributed by atoms with Gasteiger partial charge in [0.05, 0.1) is 0 Å². The van der Waals surface area contributed by atoms with Crippen LogP contribution in [0.2, 0.25) is 0 Å². The molecule has 0 spiro atoms. The predicted molar refractivity (Wildman–Crippen MR) is 85.0 cm³/mol. The number of benzene rings is 2. The molecule has 0 aliphatic carbocycles. The normalized spacial score (nSPS) is 10.3. The highest BCUT2D eigenvalue weighted by atomic mass is 16.5. The summed E-state index contributed by atoms with van der Waals surface area (Å²) < 4.78 is 10.6. The number of nitrogens with zero attached hydrogens (tertiary/aromatic N) is 2. The van der Waals surface area contributed by atoms with Crippen LogP contribution in [0.1, 0.15) is 5.82 Å². The smallest absolute Gasteiger partial charge is 0.262 e. The summed E-state index contributed by atoms with van der Waals surface area (Å²) in [6.45, 7) is 1.67. The fourth-order valence-electron chi connectivity index (χ4n) is 2.00. The fourth-order valence-corrected chi connectivity index (χ4v) is 2.00. The Bertz CT molecular complexity index is 800. The van der Waals surface area contributed by atoms with Gasteiger partial charge in [-0.3, -0.25) is 4.79 Å². The first-order valence-electron chi connectivity index (χ1n) is 7.09. The zero-order valence-electron chi connectivity index (χ0n) is 12.5. The third kappa shape index (κ3) is 3.94. The Kier molecular flexibility index (Phi) is 4.33. The van der Waals surface area contributed by atoms with Gasteiger partial charge in [-0.1, -0.05) is 29.4 Å². The van der Waals surface area contributed by atoms with Gasteiger partial charge >= 0.3 is 0 Å². The van der Waals surface area contributed by atoms with E-state index in [0.717, 1.165) is 11.3 Å². The van der Waals surface area contributed by atoms with Crippen LogP contribution in [-0.4, -0.2) is 22.7 Å². The number of hydrogen-bond donors (Lipinski definition) is 1. The highest BCUT2D eigenvalue weighted by Gasteiger charge is 2.08. The van der Waals surface area contributed by atoms with E-state index in [4.69, 9.17) is 9.26 Å². The standard InChI is InChI=1S/C17H15N3O3/c1-12-18-17(23-20-12)13-6-5-9-15(10-13)22-11-16(21)19-14-7-3-2-4-8-14/h2-10H,11H2,1H3,(H,19,21). The van der Waals surface area contributed by atoms with Crippen molar-refractivity contribution in [1.82, 2.24) is 10.1 Å². The second kappa shape index (κ2) is 6.74. The summed E-state index contributed by atoms with van der Waals surface area (Å²) in [4.78, 5) is 16.0. The van der Waals surface area contributed by atoms with Crippen molar-refractivity contribution in [2.24, 2.45) is 0 Å². The highest BCUT2D eigenvalue weighted by Crippen LogP contribution is 2.22. The summed E-state index contributed by atoms with van der Waals surface area (Å²) in [7, 11) is 0. The van der Waals surface area contributed by atoms with Crippen molar-refractivity contribution in [3.8, 4) is 17.2 Å². The lowest BCUT2D eigenvalue weighted by molar-refractivity contribution is -0.118. The first kappa shape index (κ1) is 14.8. The number of rotatable bonds is 5. The van der Waals surface area contributed by atoms with Crippen molar-refractivity contribution in [3.63, 3.8) is 0 Å². The Morgan fingerprint density at radius 3 is 2.74 bits per heavy atom. The lowest BCUT2D eigenvalue weighted by atomic mass is 10.2. The number of anilines is 1. The molecule has 1 N–H and O–H groups in total. The van der Waals surface area contributed by atoms with E-state index in [9.17, 15) is 4.79 Å². The number of aromatic nitrogens is 2. The molecule has 1 amide bonds. The van der Waals surface area contributed by atoms with Gasteiger partial charge in [-0.05, 0) is 37.3 Å². The SMILES string of the molecule is Cc1noc(-c2cccc(OCC(=O)Nc3ccccc3)c2)n1. The van der Waals surface area contributed by atoms with Crippen molar-refractivity contribution < 1.29 is 14.1 Å². The molecule has 6 nitrogen and oxygen atoms in total. The van der Waals surface area contributed by atoms with Crippen LogP contribution in [-0.2, 0) is 4.79 Å². The lowest BCUT2D eigenvalue weighted by Crippen LogP contribution is -2.20. The van der Waals surface area contributed by atoms with E-state index in [0.29, 0.717) is 17.5 Å². The summed E-state index contributed by atoms with van der Waals surface area (Å²) in [5.74, 6) is 1.31. The number of aryl methyl sites for hydroxylation is 1. The van der Waals surface area contributed by atoms with Gasteiger partial charge in [0.25, 0.3) is 11.8 Å². The molecule has 3 aromatic rings. The Labute approximate surface area is 133 Å². The first-order chi connectivity index (χ1) is 11.2. The van der Waals surface area contributed by atoms with Crippen molar-refractivity contribution in [2.75, 3.05) is 11.9 Å². The van der Waals surface area contributed by atoms with E-state index in [1.54, 1.807) is 25.1 Å². The second-order valence-electron chi connectivity index (χ2n) is 4.88. The molecular formula is C17H15N3O3. The second-order valence-corrected chi connectivity index (χ2v) is 4.88. The number of ether oxygens (including phenoxy) is 1. The largest absolute Gasteiger partial charge is 0.484 e. The van der Waals surface area contributed by atoms with E-state index in [1.807, 2.05) is 36.4 Å². The quantitative estimate of drug-likeness (QED) is 0.783. The third-order valence-corrected chi connectivity index (χ3v) is 3.04. The van der Waals surface area contributed by atoms with Gasteiger partial charge in [0, 0.05) is 11.3 Å².